The van der Waals surface area contributed by atoms with Crippen LogP contribution in [0, 0.1) is 12.8 Å². The van der Waals surface area contributed by atoms with E-state index in [1.807, 2.05) is 44.2 Å². The monoisotopic (exact) mass is 509 g/mol. The molecule has 1 aliphatic heterocycles. The van der Waals surface area contributed by atoms with Crippen molar-refractivity contribution in [3.63, 3.8) is 0 Å². The Balaban J connectivity index is 1.55. The Labute approximate surface area is 218 Å². The number of quaternary nitrogens is 1. The van der Waals surface area contributed by atoms with Crippen LogP contribution in [-0.2, 0) is 4.79 Å². The number of H-pyrrole nitrogens is 1. The van der Waals surface area contributed by atoms with Crippen molar-refractivity contribution in [2.24, 2.45) is 15.9 Å². The number of aromatic amines is 1. The normalized spacial score (nSPS) is 17.9. The summed E-state index contributed by atoms with van der Waals surface area (Å²) in [5.41, 5.74) is 1.81. The van der Waals surface area contributed by atoms with E-state index in [0.717, 1.165) is 72.8 Å². The number of anilines is 1. The van der Waals surface area contributed by atoms with Crippen LogP contribution in [0.4, 0.5) is 11.5 Å². The summed E-state index contributed by atoms with van der Waals surface area (Å²) < 4.78 is 0.400. The van der Waals surface area contributed by atoms with E-state index >= 15 is 0 Å². The molecule has 0 spiro atoms. The summed E-state index contributed by atoms with van der Waals surface area (Å²) in [5.74, 6) is 2.74. The minimum Gasteiger partial charge on any atom is -0.354 e. The second kappa shape index (κ2) is 11.0. The van der Waals surface area contributed by atoms with Crippen LogP contribution < -0.4 is 9.80 Å². The topological polar surface area (TPSA) is 89.0 Å². The summed E-state index contributed by atoms with van der Waals surface area (Å²) in [7, 11) is 6.25. The molecule has 2 N–H and O–H groups in total. The van der Waals surface area contributed by atoms with Gasteiger partial charge in [0, 0.05) is 61.4 Å². The zero-order valence-electron chi connectivity index (χ0n) is 21.9. The van der Waals surface area contributed by atoms with Crippen LogP contribution in [0.25, 0.3) is 0 Å². The van der Waals surface area contributed by atoms with Gasteiger partial charge in [-0.3, -0.25) is 9.89 Å². The Morgan fingerprint density at radius 1 is 1.17 bits per heavy atom. The van der Waals surface area contributed by atoms with Gasteiger partial charge < -0.3 is 15.1 Å². The molecule has 0 unspecified atom stereocenters. The zero-order valence-corrected chi connectivity index (χ0v) is 22.7. The van der Waals surface area contributed by atoms with Gasteiger partial charge in [-0.15, -0.1) is 5.10 Å². The minimum absolute atomic E-state index is 0.106. The SMILES string of the molecule is C=C(N=C(N=C(C)[N+](C)(C)c1cc(C)[nH]n1)Sc1ccc(NC(=O)C2CC2)cc1)N1CCN(C)CC1. The van der Waals surface area contributed by atoms with Crippen molar-refractivity contribution < 1.29 is 4.79 Å². The number of aliphatic imine (C=N–C) groups is 2. The highest BCUT2D eigenvalue weighted by atomic mass is 32.2. The average Bonchev–Trinajstić information content (AvgIpc) is 3.60. The number of carbonyl (C=O) groups is 1. The summed E-state index contributed by atoms with van der Waals surface area (Å²) >= 11 is 1.49. The molecule has 1 aromatic heterocycles. The van der Waals surface area contributed by atoms with Crippen molar-refractivity contribution >= 4 is 40.2 Å². The number of nitrogens with one attached hydrogen (secondary N) is 2. The van der Waals surface area contributed by atoms with Gasteiger partial charge in [0.2, 0.25) is 11.7 Å². The van der Waals surface area contributed by atoms with Gasteiger partial charge in [0.25, 0.3) is 5.82 Å². The molecule has 0 atom stereocenters. The first-order chi connectivity index (χ1) is 17.1. The van der Waals surface area contributed by atoms with Gasteiger partial charge in [-0.1, -0.05) is 6.58 Å². The van der Waals surface area contributed by atoms with E-state index in [4.69, 9.17) is 9.98 Å². The van der Waals surface area contributed by atoms with Crippen LogP contribution in [0.5, 0.6) is 0 Å². The minimum atomic E-state index is 0.106. The van der Waals surface area contributed by atoms with Gasteiger partial charge in [0.1, 0.15) is 5.82 Å². The quantitative estimate of drug-likeness (QED) is 0.267. The Morgan fingerprint density at radius 3 is 2.42 bits per heavy atom. The molecule has 2 aromatic rings. The largest absolute Gasteiger partial charge is 0.354 e. The number of nitrogens with zero attached hydrogens (tertiary/aromatic N) is 6. The van der Waals surface area contributed by atoms with Crippen LogP contribution in [0.2, 0.25) is 0 Å². The first-order valence-electron chi connectivity index (χ1n) is 12.3. The number of piperazine rings is 1. The first-order valence-corrected chi connectivity index (χ1v) is 13.2. The molecule has 1 saturated heterocycles. The molecule has 10 heteroatoms. The Bertz CT molecular complexity index is 1150. The second-order valence-electron chi connectivity index (χ2n) is 10.0. The highest BCUT2D eigenvalue weighted by Gasteiger charge is 2.30. The average molecular weight is 510 g/mol. The number of benzene rings is 1. The fourth-order valence-corrected chi connectivity index (χ4v) is 4.55. The molecule has 1 saturated carbocycles. The van der Waals surface area contributed by atoms with Gasteiger partial charge in [0.05, 0.1) is 14.1 Å². The Kier molecular flexibility index (Phi) is 7.97. The predicted octanol–water partition coefficient (Wildman–Crippen LogP) is 3.92. The molecule has 0 radical (unpaired) electrons. The molecule has 1 amide bonds. The van der Waals surface area contributed by atoms with Crippen LogP contribution in [-0.4, -0.2) is 84.2 Å². The summed E-state index contributed by atoms with van der Waals surface area (Å²) in [4.78, 5) is 27.4. The van der Waals surface area contributed by atoms with Crippen molar-refractivity contribution in [1.29, 1.82) is 0 Å². The lowest BCUT2D eigenvalue weighted by Crippen LogP contribution is -2.45. The lowest BCUT2D eigenvalue weighted by Gasteiger charge is -2.33. The zero-order chi connectivity index (χ0) is 25.9. The van der Waals surface area contributed by atoms with Crippen LogP contribution >= 0.6 is 11.8 Å². The van der Waals surface area contributed by atoms with E-state index in [2.05, 4.69) is 53.0 Å². The van der Waals surface area contributed by atoms with Gasteiger partial charge in [0.15, 0.2) is 5.17 Å². The van der Waals surface area contributed by atoms with Gasteiger partial charge in [-0.05, 0) is 62.8 Å². The molecule has 4 rings (SSSR count). The molecule has 192 valence electrons. The van der Waals surface area contributed by atoms with Crippen molar-refractivity contribution in [2.45, 2.75) is 31.6 Å². The molecule has 2 heterocycles. The number of aryl methyl sites for hydroxylation is 1. The molecular weight excluding hydrogens is 472 g/mol. The van der Waals surface area contributed by atoms with Crippen molar-refractivity contribution in [2.75, 3.05) is 52.6 Å². The first kappa shape index (κ1) is 26.1. The molecule has 2 aliphatic rings. The maximum Gasteiger partial charge on any atom is 0.252 e. The summed E-state index contributed by atoms with van der Waals surface area (Å²) in [6.45, 7) is 12.0. The Hall–Kier alpha value is -2.95. The number of aromatic nitrogens is 2. The van der Waals surface area contributed by atoms with E-state index in [1.165, 1.54) is 11.8 Å². The van der Waals surface area contributed by atoms with Crippen LogP contribution in [0.1, 0.15) is 25.5 Å². The summed E-state index contributed by atoms with van der Waals surface area (Å²) in [6, 6.07) is 9.87. The van der Waals surface area contributed by atoms with Gasteiger partial charge in [-0.25, -0.2) is 9.48 Å². The lowest BCUT2D eigenvalue weighted by molar-refractivity contribution is -0.117. The fourth-order valence-electron chi connectivity index (χ4n) is 3.74. The number of amidine groups is 2. The highest BCUT2D eigenvalue weighted by molar-refractivity contribution is 8.14. The highest BCUT2D eigenvalue weighted by Crippen LogP contribution is 2.31. The molecule has 9 nitrogen and oxygen atoms in total. The molecule has 2 fully saturated rings. The third-order valence-electron chi connectivity index (χ3n) is 6.70. The predicted molar refractivity (Wildman–Crippen MR) is 149 cm³/mol. The summed E-state index contributed by atoms with van der Waals surface area (Å²) in [5, 5.41) is 11.1. The van der Waals surface area contributed by atoms with Crippen molar-refractivity contribution in [1.82, 2.24) is 24.5 Å². The van der Waals surface area contributed by atoms with E-state index < -0.39 is 0 Å². The standard InChI is InChI=1S/C26H36N8OS/c1-18-17-24(31-30-18)34(5,6)20(3)28-26(27-19(2)33-15-13-32(4)14-16-33)36-23-11-9-22(10-12-23)29-25(35)21-7-8-21/h9-12,17,21H,2,7-8,13-16H2,1,3-6H3,(H-,29,30,31,35)/p+1. The number of hydrogen-bond donors (Lipinski definition) is 2. The molecule has 0 bridgehead atoms. The lowest BCUT2D eigenvalue weighted by atomic mass is 10.3. The number of carbonyl (C=O) groups excluding carboxylic acids is 1. The maximum atomic E-state index is 12.1. The number of hydrogen-bond acceptors (Lipinski definition) is 6. The molecule has 36 heavy (non-hydrogen) atoms. The fraction of sp³-hybridized carbons (Fsp3) is 0.462. The van der Waals surface area contributed by atoms with E-state index in [-0.39, 0.29) is 11.8 Å². The third-order valence-corrected chi connectivity index (χ3v) is 7.58. The molecule has 1 aromatic carbocycles. The number of amides is 1. The number of rotatable bonds is 6. The Morgan fingerprint density at radius 2 is 1.83 bits per heavy atom. The van der Waals surface area contributed by atoms with Crippen LogP contribution in [0.3, 0.4) is 0 Å². The van der Waals surface area contributed by atoms with Crippen molar-refractivity contribution in [3.05, 3.63) is 48.4 Å². The number of thioether (sulfide) groups is 1. The maximum absolute atomic E-state index is 12.1. The number of likely N-dealkylation sites (N-methyl/N-ethyl adjacent to an activating group) is 1. The van der Waals surface area contributed by atoms with E-state index in [9.17, 15) is 4.79 Å². The smallest absolute Gasteiger partial charge is 0.252 e. The molecular formula is C26H37N8OS+. The van der Waals surface area contributed by atoms with Crippen molar-refractivity contribution in [3.8, 4) is 0 Å². The molecule has 1 aliphatic carbocycles. The van der Waals surface area contributed by atoms with Crippen LogP contribution in [0.15, 0.2) is 57.6 Å². The third kappa shape index (κ3) is 6.63. The van der Waals surface area contributed by atoms with E-state index in [1.54, 1.807) is 0 Å². The second-order valence-corrected chi connectivity index (χ2v) is 11.1. The summed E-state index contributed by atoms with van der Waals surface area (Å²) in [6.07, 6.45) is 1.97. The van der Waals surface area contributed by atoms with Gasteiger partial charge in [-0.2, -0.15) is 4.99 Å². The van der Waals surface area contributed by atoms with E-state index in [0.29, 0.717) is 9.65 Å². The van der Waals surface area contributed by atoms with Gasteiger partial charge >= 0.3 is 0 Å².